The predicted molar refractivity (Wildman–Crippen MR) is 112 cm³/mol. The van der Waals surface area contributed by atoms with Gasteiger partial charge in [-0.05, 0) is 25.1 Å². The van der Waals surface area contributed by atoms with Crippen molar-refractivity contribution in [1.29, 1.82) is 0 Å². The molecule has 0 saturated carbocycles. The van der Waals surface area contributed by atoms with Crippen molar-refractivity contribution in [2.24, 2.45) is 0 Å². The molecule has 2 rings (SSSR count). The molecule has 1 fully saturated rings. The van der Waals surface area contributed by atoms with Gasteiger partial charge in [0.05, 0.1) is 38.7 Å². The second kappa shape index (κ2) is 12.3. The van der Waals surface area contributed by atoms with E-state index in [9.17, 15) is 27.6 Å². The number of nitrogens with zero attached hydrogens (tertiary/aromatic N) is 3. The molecule has 0 unspecified atom stereocenters. The molecule has 0 bridgehead atoms. The lowest BCUT2D eigenvalue weighted by Gasteiger charge is -2.27. The number of esters is 1. The van der Waals surface area contributed by atoms with E-state index in [1.54, 1.807) is 4.90 Å². The van der Waals surface area contributed by atoms with Crippen molar-refractivity contribution in [3.05, 3.63) is 24.0 Å². The van der Waals surface area contributed by atoms with Gasteiger partial charge in [0.25, 0.3) is 5.91 Å². The Balaban J connectivity index is 2.02. The van der Waals surface area contributed by atoms with E-state index in [1.807, 2.05) is 12.2 Å². The number of benzene rings is 1. The van der Waals surface area contributed by atoms with Crippen molar-refractivity contribution >= 4 is 29.3 Å². The van der Waals surface area contributed by atoms with Gasteiger partial charge in [0, 0.05) is 19.6 Å². The minimum absolute atomic E-state index is 0.0328. The molecule has 1 heterocycles. The third kappa shape index (κ3) is 7.22. The van der Waals surface area contributed by atoms with Gasteiger partial charge in [-0.3, -0.25) is 14.5 Å². The fourth-order valence-electron chi connectivity index (χ4n) is 3.18. The molecule has 0 radical (unpaired) electrons. The number of halogens is 3. The number of rotatable bonds is 12. The van der Waals surface area contributed by atoms with Crippen molar-refractivity contribution in [3.8, 4) is 0 Å². The van der Waals surface area contributed by atoms with E-state index >= 15 is 0 Å². The van der Waals surface area contributed by atoms with Crippen molar-refractivity contribution in [2.45, 2.75) is 19.5 Å². The fourth-order valence-corrected chi connectivity index (χ4v) is 3.18. The van der Waals surface area contributed by atoms with E-state index in [1.165, 1.54) is 37.5 Å². The zero-order chi connectivity index (χ0) is 24.5. The Kier molecular flexibility index (Phi) is 9.73. The Morgan fingerprint density at radius 2 is 2.03 bits per heavy atom. The number of methoxy groups -OCH3 is 1. The number of likely N-dealkylation sites (N-methyl/N-ethyl adjacent to an activating group) is 1. The van der Waals surface area contributed by atoms with Gasteiger partial charge >= 0.3 is 18.5 Å². The van der Waals surface area contributed by atoms with Crippen LogP contribution < -0.4 is 15.1 Å². The lowest BCUT2D eigenvalue weighted by atomic mass is 10.2. The number of cyclic esters (lactones) is 1. The molecule has 10 nitrogen and oxygen atoms in total. The van der Waals surface area contributed by atoms with Crippen LogP contribution in [0.2, 0.25) is 0 Å². The highest BCUT2D eigenvalue weighted by Gasteiger charge is 2.33. The maximum atomic E-state index is 14.9. The fraction of sp³-hybridized carbons (Fsp3) is 0.550. The van der Waals surface area contributed by atoms with Crippen LogP contribution in [0.15, 0.2) is 18.2 Å². The number of hydrogen-bond donors (Lipinski definition) is 1. The van der Waals surface area contributed by atoms with E-state index in [-0.39, 0.29) is 31.0 Å². The predicted octanol–water partition coefficient (Wildman–Crippen LogP) is 1.39. The van der Waals surface area contributed by atoms with Gasteiger partial charge in [-0.15, -0.1) is 0 Å². The monoisotopic (exact) mass is 476 g/mol. The third-order valence-corrected chi connectivity index (χ3v) is 4.95. The van der Waals surface area contributed by atoms with Gasteiger partial charge in [0.15, 0.2) is 0 Å². The Labute approximate surface area is 189 Å². The molecule has 13 heteroatoms. The SMILES string of the molecule is CCN(CCN(CC(=O)OC)OC)c1ccc(N2C[C@H](CNC(=O)C(F)F)OC2=O)cc1F. The van der Waals surface area contributed by atoms with Gasteiger partial charge in [0.2, 0.25) is 0 Å². The molecule has 1 atom stereocenters. The second-order valence-electron chi connectivity index (χ2n) is 7.00. The molecular weight excluding hydrogens is 449 g/mol. The largest absolute Gasteiger partial charge is 0.468 e. The molecule has 33 heavy (non-hydrogen) atoms. The van der Waals surface area contributed by atoms with Crippen LogP contribution in [0.5, 0.6) is 0 Å². The molecule has 1 saturated heterocycles. The molecule has 0 aromatic heterocycles. The lowest BCUT2D eigenvalue weighted by Crippen LogP contribution is -2.38. The van der Waals surface area contributed by atoms with E-state index < -0.39 is 36.3 Å². The van der Waals surface area contributed by atoms with Crippen LogP contribution >= 0.6 is 0 Å². The van der Waals surface area contributed by atoms with E-state index in [0.717, 1.165) is 4.90 Å². The Morgan fingerprint density at radius 1 is 1.30 bits per heavy atom. The molecule has 1 aliphatic heterocycles. The van der Waals surface area contributed by atoms with Crippen LogP contribution in [0.25, 0.3) is 0 Å². The Bertz CT molecular complexity index is 844. The third-order valence-electron chi connectivity index (χ3n) is 4.95. The summed E-state index contributed by atoms with van der Waals surface area (Å²) in [5.41, 5.74) is 0.507. The van der Waals surface area contributed by atoms with Crippen LogP contribution in [0, 0.1) is 5.82 Å². The number of hydroxylamine groups is 2. The number of nitrogens with one attached hydrogen (secondary N) is 1. The first-order valence-corrected chi connectivity index (χ1v) is 10.1. The topological polar surface area (TPSA) is 101 Å². The first kappa shape index (κ1) is 26.2. The van der Waals surface area contributed by atoms with Gasteiger partial charge in [-0.1, -0.05) is 0 Å². The minimum Gasteiger partial charge on any atom is -0.468 e. The van der Waals surface area contributed by atoms with Gasteiger partial charge < -0.3 is 24.5 Å². The molecule has 1 aliphatic rings. The summed E-state index contributed by atoms with van der Waals surface area (Å²) in [6.07, 6.45) is -4.79. The zero-order valence-corrected chi connectivity index (χ0v) is 18.6. The maximum Gasteiger partial charge on any atom is 0.414 e. The second-order valence-corrected chi connectivity index (χ2v) is 7.00. The summed E-state index contributed by atoms with van der Waals surface area (Å²) in [5.74, 6) is -2.52. The van der Waals surface area contributed by atoms with Gasteiger partial charge in [0.1, 0.15) is 18.5 Å². The highest BCUT2D eigenvalue weighted by Crippen LogP contribution is 2.28. The van der Waals surface area contributed by atoms with Gasteiger partial charge in [-0.2, -0.15) is 13.8 Å². The molecule has 0 aliphatic carbocycles. The normalized spacial score (nSPS) is 15.7. The quantitative estimate of drug-likeness (QED) is 0.357. The number of alkyl halides is 2. The van der Waals surface area contributed by atoms with Crippen molar-refractivity contribution < 1.29 is 41.9 Å². The maximum absolute atomic E-state index is 14.9. The number of anilines is 2. The van der Waals surface area contributed by atoms with Crippen LogP contribution in [-0.4, -0.2) is 89.1 Å². The van der Waals surface area contributed by atoms with E-state index in [2.05, 4.69) is 4.74 Å². The standard InChI is InChI=1S/C20H27F3N4O6/c1-4-25(7-8-26(32-3)12-17(28)31-2)16-6-5-13(9-15(16)21)27-11-14(33-20(27)30)10-24-19(29)18(22)23/h5-6,9,14,18H,4,7-8,10-12H2,1-3H3,(H,24,29)/t14-/m0/s1. The zero-order valence-electron chi connectivity index (χ0n) is 18.6. The van der Waals surface area contributed by atoms with Crippen LogP contribution in [-0.2, 0) is 23.9 Å². The first-order valence-electron chi connectivity index (χ1n) is 10.1. The molecule has 2 amide bonds. The highest BCUT2D eigenvalue weighted by molar-refractivity contribution is 5.90. The van der Waals surface area contributed by atoms with Crippen molar-refractivity contribution in [3.63, 3.8) is 0 Å². The summed E-state index contributed by atoms with van der Waals surface area (Å²) in [6, 6.07) is 4.21. The molecule has 1 aromatic rings. The summed E-state index contributed by atoms with van der Waals surface area (Å²) in [6.45, 7) is 2.54. The van der Waals surface area contributed by atoms with E-state index in [4.69, 9.17) is 9.57 Å². The lowest BCUT2D eigenvalue weighted by molar-refractivity contribution is -0.165. The summed E-state index contributed by atoms with van der Waals surface area (Å²) in [5, 5.41) is 3.37. The molecule has 1 N–H and O–H groups in total. The number of hydrogen-bond acceptors (Lipinski definition) is 8. The van der Waals surface area contributed by atoms with Crippen molar-refractivity contribution in [2.75, 3.05) is 63.3 Å². The average Bonchev–Trinajstić information content (AvgIpc) is 3.17. The molecule has 0 spiro atoms. The minimum atomic E-state index is -3.17. The van der Waals surface area contributed by atoms with Gasteiger partial charge in [-0.25, -0.2) is 9.18 Å². The Morgan fingerprint density at radius 3 is 2.61 bits per heavy atom. The molecule has 1 aromatic carbocycles. The highest BCUT2D eigenvalue weighted by atomic mass is 19.3. The van der Waals surface area contributed by atoms with Crippen LogP contribution in [0.1, 0.15) is 6.92 Å². The van der Waals surface area contributed by atoms with Crippen LogP contribution in [0.3, 0.4) is 0 Å². The smallest absolute Gasteiger partial charge is 0.414 e. The average molecular weight is 476 g/mol. The summed E-state index contributed by atoms with van der Waals surface area (Å²) >= 11 is 0. The van der Waals surface area contributed by atoms with E-state index in [0.29, 0.717) is 19.6 Å². The number of ether oxygens (including phenoxy) is 2. The Hall–Kier alpha value is -3.06. The number of carbonyl (C=O) groups is 3. The molecular formula is C20H27F3N4O6. The summed E-state index contributed by atoms with van der Waals surface area (Å²) < 4.78 is 49.1. The first-order chi connectivity index (χ1) is 15.7. The summed E-state index contributed by atoms with van der Waals surface area (Å²) in [7, 11) is 2.68. The summed E-state index contributed by atoms with van der Waals surface area (Å²) in [4.78, 5) is 42.5. The van der Waals surface area contributed by atoms with Crippen LogP contribution in [0.4, 0.5) is 29.3 Å². The number of carbonyl (C=O) groups excluding carboxylic acids is 3. The number of amides is 2. The van der Waals surface area contributed by atoms with Crippen molar-refractivity contribution in [1.82, 2.24) is 10.4 Å². The molecule has 184 valence electrons.